The first-order chi connectivity index (χ1) is 20.7. The number of benzene rings is 1. The molecule has 0 amide bonds. The van der Waals surface area contributed by atoms with Crippen LogP contribution in [0, 0.1) is 17.3 Å². The lowest BCUT2D eigenvalue weighted by atomic mass is 9.78. The fourth-order valence-electron chi connectivity index (χ4n) is 5.79. The highest BCUT2D eigenvalue weighted by Crippen LogP contribution is 2.35. The molecule has 1 saturated carbocycles. The Morgan fingerprint density at radius 1 is 1.12 bits per heavy atom. The summed E-state index contributed by atoms with van der Waals surface area (Å²) in [6, 6.07) is 7.87. The Labute approximate surface area is 261 Å². The van der Waals surface area contributed by atoms with Gasteiger partial charge in [0.25, 0.3) is 0 Å². The number of hydrogen-bond donors (Lipinski definition) is 2. The lowest BCUT2D eigenvalue weighted by Gasteiger charge is -2.28. The van der Waals surface area contributed by atoms with Crippen LogP contribution in [-0.4, -0.2) is 72.0 Å². The van der Waals surface area contributed by atoms with Crippen LogP contribution in [0.5, 0.6) is 0 Å². The summed E-state index contributed by atoms with van der Waals surface area (Å²) in [5, 5.41) is 21.0. The maximum absolute atomic E-state index is 12.6. The molecule has 2 rings (SSSR count). The zero-order valence-electron chi connectivity index (χ0n) is 26.4. The van der Waals surface area contributed by atoms with Gasteiger partial charge in [-0.25, -0.2) is 0 Å². The smallest absolute Gasteiger partial charge is 0.312 e. The first-order valence-electron chi connectivity index (χ1n) is 15.7. The van der Waals surface area contributed by atoms with Crippen molar-refractivity contribution in [1.82, 2.24) is 0 Å². The Kier molecular flexibility index (Phi) is 17.2. The second kappa shape index (κ2) is 20.0. The summed E-state index contributed by atoms with van der Waals surface area (Å²) in [6.45, 7) is 6.70. The lowest BCUT2D eigenvalue weighted by Crippen LogP contribution is -2.32. The Bertz CT molecular complexity index is 1020. The van der Waals surface area contributed by atoms with E-state index in [2.05, 4.69) is 6.92 Å². The molecular formula is C34H52O8S. The molecule has 0 aromatic heterocycles. The third-order valence-corrected chi connectivity index (χ3v) is 9.47. The van der Waals surface area contributed by atoms with E-state index in [4.69, 9.17) is 14.2 Å². The summed E-state index contributed by atoms with van der Waals surface area (Å²) in [5.41, 5.74) is 1.58. The molecule has 0 aliphatic heterocycles. The van der Waals surface area contributed by atoms with Crippen LogP contribution in [0.4, 0.5) is 0 Å². The van der Waals surface area contributed by atoms with E-state index in [1.54, 1.807) is 31.0 Å². The molecule has 1 aromatic carbocycles. The van der Waals surface area contributed by atoms with Crippen LogP contribution < -0.4 is 0 Å². The third-order valence-electron chi connectivity index (χ3n) is 8.37. The second-order valence-corrected chi connectivity index (χ2v) is 12.7. The molecule has 4 atom stereocenters. The van der Waals surface area contributed by atoms with E-state index in [9.17, 15) is 24.6 Å². The van der Waals surface area contributed by atoms with E-state index in [0.717, 1.165) is 48.3 Å². The van der Waals surface area contributed by atoms with Gasteiger partial charge in [0.2, 0.25) is 0 Å². The van der Waals surface area contributed by atoms with E-state index in [0.29, 0.717) is 25.9 Å². The van der Waals surface area contributed by atoms with Gasteiger partial charge in [-0.3, -0.25) is 14.4 Å². The number of esters is 2. The van der Waals surface area contributed by atoms with Gasteiger partial charge in [-0.1, -0.05) is 63.6 Å². The molecule has 0 saturated heterocycles. The predicted octanol–water partition coefficient (Wildman–Crippen LogP) is 5.46. The van der Waals surface area contributed by atoms with Crippen molar-refractivity contribution < 1.29 is 38.8 Å². The number of Topliss-reactive ketones (excluding diaryl/α,β-unsaturated/α-hetero) is 1. The van der Waals surface area contributed by atoms with Crippen molar-refractivity contribution in [2.24, 2.45) is 17.3 Å². The van der Waals surface area contributed by atoms with E-state index in [1.165, 1.54) is 0 Å². The molecule has 2 N–H and O–H groups in total. The Morgan fingerprint density at radius 3 is 2.53 bits per heavy atom. The molecule has 9 heteroatoms. The van der Waals surface area contributed by atoms with Gasteiger partial charge in [0.15, 0.2) is 0 Å². The minimum Gasteiger partial charge on any atom is -0.462 e. The van der Waals surface area contributed by atoms with Gasteiger partial charge in [-0.05, 0) is 54.7 Å². The lowest BCUT2D eigenvalue weighted by molar-refractivity contribution is -0.161. The summed E-state index contributed by atoms with van der Waals surface area (Å²) in [6.07, 6.45) is 7.34. The number of methoxy groups -OCH3 is 1. The van der Waals surface area contributed by atoms with Crippen molar-refractivity contribution in [3.05, 3.63) is 47.5 Å². The number of hydrogen-bond acceptors (Lipinski definition) is 9. The van der Waals surface area contributed by atoms with Crippen molar-refractivity contribution in [2.45, 2.75) is 97.4 Å². The van der Waals surface area contributed by atoms with Gasteiger partial charge in [0, 0.05) is 38.2 Å². The van der Waals surface area contributed by atoms with Crippen LogP contribution in [-0.2, 0) is 41.6 Å². The van der Waals surface area contributed by atoms with Gasteiger partial charge in [0.1, 0.15) is 19.0 Å². The second-order valence-electron chi connectivity index (χ2n) is 11.4. The number of aliphatic hydroxyl groups is 2. The molecule has 0 bridgehead atoms. The minimum atomic E-state index is -0.739. The van der Waals surface area contributed by atoms with E-state index in [1.807, 2.05) is 38.1 Å². The zero-order chi connectivity index (χ0) is 31.7. The van der Waals surface area contributed by atoms with Crippen LogP contribution in [0.1, 0.15) is 83.3 Å². The number of ketones is 1. The summed E-state index contributed by atoms with van der Waals surface area (Å²) in [4.78, 5) is 37.2. The van der Waals surface area contributed by atoms with Crippen LogP contribution in [0.2, 0.25) is 0 Å². The fraction of sp³-hybridized carbons (Fsp3) is 0.676. The summed E-state index contributed by atoms with van der Waals surface area (Å²) in [7, 11) is 1.64. The number of rotatable bonds is 21. The average molecular weight is 621 g/mol. The fourth-order valence-corrected chi connectivity index (χ4v) is 6.76. The first-order valence-corrected chi connectivity index (χ1v) is 16.9. The highest BCUT2D eigenvalue weighted by atomic mass is 32.2. The number of carbonyl (C=O) groups excluding carboxylic acids is 3. The normalized spacial score (nSPS) is 19.6. The van der Waals surface area contributed by atoms with Gasteiger partial charge < -0.3 is 24.4 Å². The number of aliphatic hydroxyl groups excluding tert-OH is 2. The average Bonchev–Trinajstić information content (AvgIpc) is 3.26. The molecule has 0 spiro atoms. The maximum Gasteiger partial charge on any atom is 0.312 e. The van der Waals surface area contributed by atoms with Crippen LogP contribution in [0.25, 0.3) is 0 Å². The Balaban J connectivity index is 1.66. The summed E-state index contributed by atoms with van der Waals surface area (Å²) >= 11 is 1.67. The maximum atomic E-state index is 12.6. The van der Waals surface area contributed by atoms with Crippen molar-refractivity contribution >= 4 is 29.5 Å². The topological polar surface area (TPSA) is 119 Å². The standard InChI is InChI=1S/C34H52O8S/c1-5-16-34(6-2,7-3)33(39)42-18-17-41-32(38)12-9-19-43-20-15-29-28(30(36)23-31(29)37)14-13-27(35)22-25-10-8-11-26(21-25)24-40-4/h8,10-11,13-14,21,27-30,35-36H,5-7,9,12,15-20,22-24H2,1-4H3/b14-13+/t27-,28-,29-,30-/m1/s1. The van der Waals surface area contributed by atoms with E-state index < -0.39 is 17.6 Å². The predicted molar refractivity (Wildman–Crippen MR) is 170 cm³/mol. The van der Waals surface area contributed by atoms with Crippen LogP contribution in [0.3, 0.4) is 0 Å². The Hall–Kier alpha value is -2.20. The van der Waals surface area contributed by atoms with Gasteiger partial charge >= 0.3 is 11.9 Å². The van der Waals surface area contributed by atoms with E-state index >= 15 is 0 Å². The monoisotopic (exact) mass is 620 g/mol. The van der Waals surface area contributed by atoms with Gasteiger partial charge in [-0.15, -0.1) is 0 Å². The summed E-state index contributed by atoms with van der Waals surface area (Å²) < 4.78 is 15.8. The minimum absolute atomic E-state index is 0.0543. The quantitative estimate of drug-likeness (QED) is 0.105. The molecule has 8 nitrogen and oxygen atoms in total. The molecular weight excluding hydrogens is 568 g/mol. The van der Waals surface area contributed by atoms with Crippen molar-refractivity contribution in [3.63, 3.8) is 0 Å². The van der Waals surface area contributed by atoms with Crippen LogP contribution >= 0.6 is 11.8 Å². The van der Waals surface area contributed by atoms with Crippen molar-refractivity contribution in [3.8, 4) is 0 Å². The third kappa shape index (κ3) is 12.4. The zero-order valence-corrected chi connectivity index (χ0v) is 27.2. The highest BCUT2D eigenvalue weighted by molar-refractivity contribution is 7.99. The first kappa shape index (κ1) is 37.0. The molecule has 242 valence electrons. The van der Waals surface area contributed by atoms with Gasteiger partial charge in [-0.2, -0.15) is 11.8 Å². The molecule has 0 heterocycles. The molecule has 1 fully saturated rings. The molecule has 43 heavy (non-hydrogen) atoms. The number of ether oxygens (including phenoxy) is 3. The van der Waals surface area contributed by atoms with Crippen molar-refractivity contribution in [1.29, 1.82) is 0 Å². The highest BCUT2D eigenvalue weighted by Gasteiger charge is 2.39. The number of thioether (sulfide) groups is 1. The largest absolute Gasteiger partial charge is 0.462 e. The summed E-state index contributed by atoms with van der Waals surface area (Å²) in [5.74, 6) is 0.430. The molecule has 0 radical (unpaired) electrons. The van der Waals surface area contributed by atoms with Crippen LogP contribution in [0.15, 0.2) is 36.4 Å². The van der Waals surface area contributed by atoms with Crippen molar-refractivity contribution in [2.75, 3.05) is 31.8 Å². The molecule has 1 aliphatic rings. The Morgan fingerprint density at radius 2 is 1.84 bits per heavy atom. The van der Waals surface area contributed by atoms with E-state index in [-0.39, 0.29) is 55.6 Å². The molecule has 1 aliphatic carbocycles. The molecule has 1 aromatic rings. The number of carbonyl (C=O) groups is 3. The molecule has 0 unspecified atom stereocenters. The SMILES string of the molecule is CCCC(CC)(CC)C(=O)OCCOC(=O)CCCSCC[C@H]1C(=O)C[C@@H](O)[C@@H]1/C=C/[C@@H](O)Cc1cccc(COC)c1. The van der Waals surface area contributed by atoms with Gasteiger partial charge in [0.05, 0.1) is 24.2 Å².